The number of nitrogens with zero attached hydrogens (tertiary/aromatic N) is 2. The fourth-order valence-electron chi connectivity index (χ4n) is 2.92. The van der Waals surface area contributed by atoms with E-state index in [1.807, 2.05) is 42.5 Å². The molecule has 0 aliphatic heterocycles. The maximum Gasteiger partial charge on any atom is 0.158 e. The molecule has 3 nitrogen and oxygen atoms in total. The van der Waals surface area contributed by atoms with Crippen LogP contribution in [0.5, 0.6) is 0 Å². The van der Waals surface area contributed by atoms with Crippen LogP contribution >= 0.6 is 0 Å². The SMILES string of the molecule is N#Cc1cc(-c2cccc3c2oc2ccccc23)cc(C#N)c1F. The Morgan fingerprint density at radius 3 is 2.21 bits per heavy atom. The van der Waals surface area contributed by atoms with Gasteiger partial charge in [0.05, 0.1) is 11.1 Å². The van der Waals surface area contributed by atoms with Crippen LogP contribution in [0.2, 0.25) is 0 Å². The van der Waals surface area contributed by atoms with Crippen LogP contribution in [0.3, 0.4) is 0 Å². The van der Waals surface area contributed by atoms with E-state index in [1.54, 1.807) is 12.1 Å². The summed E-state index contributed by atoms with van der Waals surface area (Å²) in [6.45, 7) is 0. The summed E-state index contributed by atoms with van der Waals surface area (Å²) in [5, 5.41) is 20.1. The minimum atomic E-state index is -0.791. The van der Waals surface area contributed by atoms with Gasteiger partial charge >= 0.3 is 0 Å². The molecule has 3 aromatic carbocycles. The van der Waals surface area contributed by atoms with Crippen LogP contribution in [0, 0.1) is 28.5 Å². The molecule has 0 aliphatic rings. The minimum Gasteiger partial charge on any atom is -0.455 e. The summed E-state index contributed by atoms with van der Waals surface area (Å²) < 4.78 is 19.9. The molecule has 0 saturated carbocycles. The Bertz CT molecular complexity index is 1160. The highest BCUT2D eigenvalue weighted by Crippen LogP contribution is 2.36. The van der Waals surface area contributed by atoms with Crippen molar-refractivity contribution < 1.29 is 8.81 Å². The number of fused-ring (bicyclic) bond motifs is 3. The maximum absolute atomic E-state index is 14.0. The zero-order chi connectivity index (χ0) is 16.7. The predicted octanol–water partition coefficient (Wildman–Crippen LogP) is 5.14. The van der Waals surface area contributed by atoms with E-state index < -0.39 is 5.82 Å². The number of hydrogen-bond acceptors (Lipinski definition) is 3. The molecule has 0 fully saturated rings. The second kappa shape index (κ2) is 5.22. The summed E-state index contributed by atoms with van der Waals surface area (Å²) in [5.74, 6) is -0.791. The predicted molar refractivity (Wildman–Crippen MR) is 88.5 cm³/mol. The molecule has 112 valence electrons. The zero-order valence-electron chi connectivity index (χ0n) is 12.4. The Morgan fingerprint density at radius 2 is 1.50 bits per heavy atom. The average Bonchev–Trinajstić information content (AvgIpc) is 3.00. The summed E-state index contributed by atoms with van der Waals surface area (Å²) in [5.41, 5.74) is 2.39. The Hall–Kier alpha value is -3.63. The van der Waals surface area contributed by atoms with E-state index >= 15 is 0 Å². The van der Waals surface area contributed by atoms with Crippen molar-refractivity contribution >= 4 is 21.9 Å². The largest absolute Gasteiger partial charge is 0.455 e. The molecule has 24 heavy (non-hydrogen) atoms. The van der Waals surface area contributed by atoms with Crippen LogP contribution in [0.4, 0.5) is 4.39 Å². The number of halogens is 1. The minimum absolute atomic E-state index is 0.155. The van der Waals surface area contributed by atoms with Gasteiger partial charge in [-0.2, -0.15) is 10.5 Å². The first-order valence-corrected chi connectivity index (χ1v) is 7.27. The summed E-state index contributed by atoms with van der Waals surface area (Å²) in [6, 6.07) is 19.8. The number of furan rings is 1. The fourth-order valence-corrected chi connectivity index (χ4v) is 2.92. The van der Waals surface area contributed by atoms with Gasteiger partial charge in [0.15, 0.2) is 5.82 Å². The summed E-state index contributed by atoms with van der Waals surface area (Å²) in [6.07, 6.45) is 0. The van der Waals surface area contributed by atoms with Crippen molar-refractivity contribution in [3.05, 3.63) is 71.5 Å². The molecular weight excluding hydrogens is 303 g/mol. The Morgan fingerprint density at radius 1 is 0.833 bits per heavy atom. The van der Waals surface area contributed by atoms with Crippen molar-refractivity contribution in [3.8, 4) is 23.3 Å². The molecule has 0 bridgehead atoms. The van der Waals surface area contributed by atoms with Crippen molar-refractivity contribution in [2.45, 2.75) is 0 Å². The van der Waals surface area contributed by atoms with Crippen molar-refractivity contribution in [2.24, 2.45) is 0 Å². The van der Waals surface area contributed by atoms with Gasteiger partial charge in [-0.3, -0.25) is 0 Å². The third-order valence-electron chi connectivity index (χ3n) is 4.03. The number of rotatable bonds is 1. The monoisotopic (exact) mass is 312 g/mol. The Labute approximate surface area is 136 Å². The average molecular weight is 312 g/mol. The van der Waals surface area contributed by atoms with Crippen molar-refractivity contribution in [3.63, 3.8) is 0 Å². The molecule has 0 amide bonds. The van der Waals surface area contributed by atoms with Crippen LogP contribution in [-0.2, 0) is 0 Å². The Balaban J connectivity index is 2.08. The van der Waals surface area contributed by atoms with Gasteiger partial charge in [-0.25, -0.2) is 4.39 Å². The smallest absolute Gasteiger partial charge is 0.158 e. The van der Waals surface area contributed by atoms with Gasteiger partial charge < -0.3 is 4.42 Å². The van der Waals surface area contributed by atoms with Gasteiger partial charge in [0, 0.05) is 16.3 Å². The standard InChI is InChI=1S/C20H9FN2O/c21-19-13(10-22)8-12(9-14(19)11-23)15-5-3-6-17-16-4-1-2-7-18(16)24-20(15)17/h1-9H. The molecule has 0 radical (unpaired) electrons. The maximum atomic E-state index is 14.0. The van der Waals surface area contributed by atoms with Gasteiger partial charge in [0.25, 0.3) is 0 Å². The van der Waals surface area contributed by atoms with Crippen molar-refractivity contribution in [1.82, 2.24) is 0 Å². The van der Waals surface area contributed by atoms with Crippen LogP contribution in [-0.4, -0.2) is 0 Å². The quantitative estimate of drug-likeness (QED) is 0.489. The lowest BCUT2D eigenvalue weighted by Gasteiger charge is -2.05. The van der Waals surface area contributed by atoms with Crippen molar-refractivity contribution in [1.29, 1.82) is 10.5 Å². The molecule has 0 saturated heterocycles. The zero-order valence-corrected chi connectivity index (χ0v) is 12.4. The first-order valence-electron chi connectivity index (χ1n) is 7.27. The van der Waals surface area contributed by atoms with Crippen LogP contribution in [0.15, 0.2) is 59.0 Å². The number of hydrogen-bond donors (Lipinski definition) is 0. The molecule has 0 N–H and O–H groups in total. The Kier molecular flexibility index (Phi) is 3.05. The number of para-hydroxylation sites is 2. The lowest BCUT2D eigenvalue weighted by Crippen LogP contribution is -1.92. The molecule has 1 aromatic heterocycles. The molecule has 4 aromatic rings. The summed E-state index contributed by atoms with van der Waals surface area (Å²) in [4.78, 5) is 0. The molecule has 0 aliphatic carbocycles. The highest BCUT2D eigenvalue weighted by atomic mass is 19.1. The third-order valence-corrected chi connectivity index (χ3v) is 4.03. The second-order valence-electron chi connectivity index (χ2n) is 5.39. The number of nitriles is 2. The molecule has 4 heteroatoms. The van der Waals surface area contributed by atoms with Crippen LogP contribution < -0.4 is 0 Å². The highest BCUT2D eigenvalue weighted by molar-refractivity contribution is 6.09. The molecule has 1 heterocycles. The van der Waals surface area contributed by atoms with E-state index in [0.717, 1.165) is 21.9 Å². The van der Waals surface area contributed by atoms with Crippen LogP contribution in [0.1, 0.15) is 11.1 Å². The normalized spacial score (nSPS) is 10.6. The highest BCUT2D eigenvalue weighted by Gasteiger charge is 2.16. The van der Waals surface area contributed by atoms with E-state index in [0.29, 0.717) is 11.1 Å². The molecular formula is C20H9FN2O. The van der Waals surface area contributed by atoms with Gasteiger partial charge in [-0.1, -0.05) is 36.4 Å². The number of benzene rings is 3. The van der Waals surface area contributed by atoms with E-state index in [-0.39, 0.29) is 11.1 Å². The fraction of sp³-hybridized carbons (Fsp3) is 0. The van der Waals surface area contributed by atoms with Gasteiger partial charge in [-0.15, -0.1) is 0 Å². The second-order valence-corrected chi connectivity index (χ2v) is 5.39. The van der Waals surface area contributed by atoms with Gasteiger partial charge in [-0.05, 0) is 23.8 Å². The van der Waals surface area contributed by atoms with Gasteiger partial charge in [0.1, 0.15) is 23.3 Å². The van der Waals surface area contributed by atoms with E-state index in [2.05, 4.69) is 0 Å². The molecule has 4 rings (SSSR count). The van der Waals surface area contributed by atoms with Gasteiger partial charge in [0.2, 0.25) is 0 Å². The summed E-state index contributed by atoms with van der Waals surface area (Å²) in [7, 11) is 0. The van der Waals surface area contributed by atoms with E-state index in [4.69, 9.17) is 14.9 Å². The molecule has 0 unspecified atom stereocenters. The lowest BCUT2D eigenvalue weighted by atomic mass is 9.98. The third kappa shape index (κ3) is 1.95. The topological polar surface area (TPSA) is 60.7 Å². The first kappa shape index (κ1) is 14.0. The molecule has 0 atom stereocenters. The first-order chi connectivity index (χ1) is 11.7. The summed E-state index contributed by atoms with van der Waals surface area (Å²) >= 11 is 0. The van der Waals surface area contributed by atoms with E-state index in [9.17, 15) is 4.39 Å². The lowest BCUT2D eigenvalue weighted by molar-refractivity contribution is 0.620. The molecule has 0 spiro atoms. The van der Waals surface area contributed by atoms with E-state index in [1.165, 1.54) is 12.1 Å². The van der Waals surface area contributed by atoms with Crippen LogP contribution in [0.25, 0.3) is 33.1 Å². The van der Waals surface area contributed by atoms with Crippen molar-refractivity contribution in [2.75, 3.05) is 0 Å².